The Labute approximate surface area is 314 Å². The van der Waals surface area contributed by atoms with Gasteiger partial charge in [0.15, 0.2) is 10.8 Å². The molecule has 2 amide bonds. The number of carboxylic acids is 1. The van der Waals surface area contributed by atoms with Crippen molar-refractivity contribution in [2.75, 3.05) is 18.2 Å². The zero-order valence-electron chi connectivity index (χ0n) is 27.8. The van der Waals surface area contributed by atoms with E-state index in [0.29, 0.717) is 11.2 Å². The van der Waals surface area contributed by atoms with E-state index in [0.717, 1.165) is 33.4 Å². The van der Waals surface area contributed by atoms with Gasteiger partial charge in [0.25, 0.3) is 11.8 Å². The van der Waals surface area contributed by atoms with Gasteiger partial charge in [0.1, 0.15) is 41.7 Å². The van der Waals surface area contributed by atoms with Crippen LogP contribution in [0.1, 0.15) is 22.4 Å². The van der Waals surface area contributed by atoms with Gasteiger partial charge in [-0.1, -0.05) is 96.2 Å². The molecule has 1 fully saturated rings. The predicted octanol–water partition coefficient (Wildman–Crippen LogP) is 5.02. The van der Waals surface area contributed by atoms with E-state index in [1.54, 1.807) is 5.38 Å². The van der Waals surface area contributed by atoms with Crippen LogP contribution < -0.4 is 10.6 Å². The summed E-state index contributed by atoms with van der Waals surface area (Å²) in [6, 6.07) is 28.0. The number of allylic oxidation sites excluding steroid dienone is 1. The lowest BCUT2D eigenvalue weighted by Crippen LogP contribution is -2.71. The molecule has 3 aromatic carbocycles. The average Bonchev–Trinajstić information content (AvgIpc) is 3.63. The molecule has 1 aromatic heterocycles. The number of nitrogens with one attached hydrogen (secondary N) is 2. The quantitative estimate of drug-likeness (QED) is 0.0315. The number of amides is 2. The Hall–Kier alpha value is -5.66. The molecule has 1 saturated heterocycles. The molecule has 2 unspecified atom stereocenters. The van der Waals surface area contributed by atoms with Gasteiger partial charge in [-0.3, -0.25) is 14.5 Å². The van der Waals surface area contributed by atoms with E-state index in [2.05, 4.69) is 25.0 Å². The molecular weight excluding hydrogens is 772 g/mol. The van der Waals surface area contributed by atoms with Gasteiger partial charge in [-0.25, -0.2) is 9.78 Å². The third-order valence-corrected chi connectivity index (χ3v) is 11.3. The number of carbonyl (C=O) groups excluding carboxylic acids is 2. The number of anilines is 1. The van der Waals surface area contributed by atoms with Crippen LogP contribution in [-0.4, -0.2) is 76.7 Å². The van der Waals surface area contributed by atoms with Crippen LogP contribution >= 0.6 is 23.1 Å². The maximum Gasteiger partial charge on any atom is 0.534 e. The fraction of sp³-hybridized carbons (Fsp3) is 0.171. The highest BCUT2D eigenvalue weighted by Crippen LogP contribution is 2.42. The molecule has 54 heavy (non-hydrogen) atoms. The molecule has 4 aromatic rings. The number of hydrogen-bond acceptors (Lipinski definition) is 12. The van der Waals surface area contributed by atoms with Crippen LogP contribution in [0.2, 0.25) is 0 Å². The number of nitrogens with zero attached hydrogens (tertiary/aromatic N) is 3. The van der Waals surface area contributed by atoms with Crippen molar-refractivity contribution in [3.05, 3.63) is 142 Å². The number of alkyl halides is 3. The van der Waals surface area contributed by atoms with Gasteiger partial charge in [0.05, 0.1) is 0 Å². The maximum absolute atomic E-state index is 13.6. The molecule has 0 aliphatic carbocycles. The molecule has 19 heteroatoms. The van der Waals surface area contributed by atoms with Crippen LogP contribution in [0.25, 0.3) is 0 Å². The molecule has 6 rings (SSSR count). The van der Waals surface area contributed by atoms with Crippen molar-refractivity contribution in [1.29, 1.82) is 0 Å². The fourth-order valence-corrected chi connectivity index (χ4v) is 8.28. The first-order valence-corrected chi connectivity index (χ1v) is 19.0. The Morgan fingerprint density at radius 3 is 2.04 bits per heavy atom. The number of thiazole rings is 1. The van der Waals surface area contributed by atoms with E-state index >= 15 is 0 Å². The Morgan fingerprint density at radius 1 is 0.981 bits per heavy atom. The third-order valence-electron chi connectivity index (χ3n) is 8.28. The smallest absolute Gasteiger partial charge is 0.477 e. The van der Waals surface area contributed by atoms with Crippen LogP contribution in [0.4, 0.5) is 18.3 Å². The second-order valence-corrected chi connectivity index (χ2v) is 15.0. The Bertz CT molecular complexity index is 2150. The number of hydrogen-bond donors (Lipinski definition) is 3. The van der Waals surface area contributed by atoms with Gasteiger partial charge < -0.3 is 24.8 Å². The number of carbonyl (C=O) groups is 3. The highest BCUT2D eigenvalue weighted by Gasteiger charge is 2.54. The zero-order chi connectivity index (χ0) is 38.7. The topological polar surface area (TPSA) is 177 Å². The van der Waals surface area contributed by atoms with E-state index in [1.165, 1.54) is 18.4 Å². The minimum absolute atomic E-state index is 0.109. The SMILES string of the molecule is CO/N=C(/C(=O)NC1C(=O)N2C(C(=O)O)=C(/C=C/OS(=O)(=O)C(F)(F)F)CSC12)c1csc(NC(c2ccccc2)(c2ccccc2)c2ccccc2)n1. The first-order chi connectivity index (χ1) is 25.8. The molecule has 0 bridgehead atoms. The van der Waals surface area contributed by atoms with E-state index in [9.17, 15) is 41.1 Å². The van der Waals surface area contributed by atoms with Gasteiger partial charge in [-0.05, 0) is 28.3 Å². The molecule has 2 aliphatic rings. The number of oxime groups is 1. The second kappa shape index (κ2) is 15.4. The summed E-state index contributed by atoms with van der Waals surface area (Å²) in [4.78, 5) is 49.5. The van der Waals surface area contributed by atoms with Gasteiger partial charge in [-0.2, -0.15) is 21.6 Å². The normalized spacial score (nSPS) is 17.8. The largest absolute Gasteiger partial charge is 0.534 e. The Balaban J connectivity index is 1.24. The standard InChI is InChI=1S/C35H28F3N5O8S3/c1-50-42-26(29(44)40-27-30(45)43-28(32(46)47)21(19-52-31(27)43)17-18-51-54(48,49)35(36,37)38)25-20-53-33(39-25)41-34(22-11-5-2-6-12-22,23-13-7-3-8-14-23)24-15-9-4-10-16-24/h2-18,20,27,31H,19H2,1H3,(H,39,41)(H,40,44)(H,46,47)/b18-17+,42-26+. The Morgan fingerprint density at radius 2 is 1.54 bits per heavy atom. The molecule has 0 spiro atoms. The average molecular weight is 800 g/mol. The van der Waals surface area contributed by atoms with Crippen molar-refractivity contribution in [3.8, 4) is 0 Å². The Kier molecular flexibility index (Phi) is 10.8. The number of fused-ring (bicyclic) bond motifs is 1. The second-order valence-electron chi connectivity index (χ2n) is 11.5. The first-order valence-electron chi connectivity index (χ1n) is 15.7. The van der Waals surface area contributed by atoms with Crippen LogP contribution in [0, 0.1) is 0 Å². The molecular formula is C35H28F3N5O8S3. The highest BCUT2D eigenvalue weighted by molar-refractivity contribution is 8.00. The maximum atomic E-state index is 13.6. The molecule has 2 aliphatic heterocycles. The van der Waals surface area contributed by atoms with E-state index in [-0.39, 0.29) is 29.0 Å². The number of benzene rings is 3. The molecule has 3 heterocycles. The molecule has 13 nitrogen and oxygen atoms in total. The lowest BCUT2D eigenvalue weighted by Gasteiger charge is -2.49. The summed E-state index contributed by atoms with van der Waals surface area (Å²) in [5, 5.41) is 21.0. The minimum atomic E-state index is -5.98. The number of β-lactam (4-membered cyclic amide) rings is 1. The number of aromatic nitrogens is 1. The number of halogens is 3. The molecule has 0 radical (unpaired) electrons. The van der Waals surface area contributed by atoms with Crippen LogP contribution in [-0.2, 0) is 39.1 Å². The van der Waals surface area contributed by atoms with Gasteiger partial charge in [0, 0.05) is 11.1 Å². The predicted molar refractivity (Wildman–Crippen MR) is 193 cm³/mol. The summed E-state index contributed by atoms with van der Waals surface area (Å²) < 4.78 is 64.1. The van der Waals surface area contributed by atoms with E-state index in [1.807, 2.05) is 91.0 Å². The lowest BCUT2D eigenvalue weighted by molar-refractivity contribution is -0.150. The van der Waals surface area contributed by atoms with Crippen molar-refractivity contribution < 1.29 is 50.1 Å². The van der Waals surface area contributed by atoms with Crippen LogP contribution in [0.3, 0.4) is 0 Å². The summed E-state index contributed by atoms with van der Waals surface area (Å²) in [7, 11) is -4.76. The van der Waals surface area contributed by atoms with Gasteiger partial charge in [-0.15, -0.1) is 23.1 Å². The molecule has 3 N–H and O–H groups in total. The van der Waals surface area contributed by atoms with E-state index in [4.69, 9.17) is 4.84 Å². The van der Waals surface area contributed by atoms with Gasteiger partial charge >= 0.3 is 21.6 Å². The van der Waals surface area contributed by atoms with Crippen LogP contribution in [0.15, 0.2) is 125 Å². The fourth-order valence-electron chi connectivity index (χ4n) is 5.90. The zero-order valence-corrected chi connectivity index (χ0v) is 30.2. The first kappa shape index (κ1) is 38.1. The summed E-state index contributed by atoms with van der Waals surface area (Å²) in [5.74, 6) is -3.49. The van der Waals surface area contributed by atoms with Gasteiger partial charge in [0.2, 0.25) is 0 Å². The molecule has 280 valence electrons. The monoisotopic (exact) mass is 799 g/mol. The summed E-state index contributed by atoms with van der Waals surface area (Å²) in [5.41, 5.74) is -4.88. The van der Waals surface area contributed by atoms with Crippen molar-refractivity contribution in [1.82, 2.24) is 15.2 Å². The minimum Gasteiger partial charge on any atom is -0.477 e. The summed E-state index contributed by atoms with van der Waals surface area (Å²) in [6.45, 7) is 0. The lowest BCUT2D eigenvalue weighted by atomic mass is 9.77. The van der Waals surface area contributed by atoms with Crippen molar-refractivity contribution in [3.63, 3.8) is 0 Å². The highest BCUT2D eigenvalue weighted by atomic mass is 32.2. The van der Waals surface area contributed by atoms with Crippen molar-refractivity contribution in [2.24, 2.45) is 5.16 Å². The third kappa shape index (κ3) is 7.29. The number of aliphatic carboxylic acids is 1. The van der Waals surface area contributed by atoms with Crippen molar-refractivity contribution in [2.45, 2.75) is 22.5 Å². The number of thioether (sulfide) groups is 1. The summed E-state index contributed by atoms with van der Waals surface area (Å²) in [6.07, 6.45) is 0.897. The molecule has 0 saturated carbocycles. The van der Waals surface area contributed by atoms with Crippen molar-refractivity contribution >= 4 is 61.8 Å². The van der Waals surface area contributed by atoms with E-state index < -0.39 is 56.1 Å². The summed E-state index contributed by atoms with van der Waals surface area (Å²) >= 11 is 2.18. The van der Waals surface area contributed by atoms with Crippen LogP contribution in [0.5, 0.6) is 0 Å². The number of carboxylic acid groups (broad SMARTS) is 1. The molecule has 2 atom stereocenters. The number of rotatable bonds is 13.